The van der Waals surface area contributed by atoms with Crippen LogP contribution in [-0.2, 0) is 27.3 Å². The minimum absolute atomic E-state index is 0.0466. The first-order chi connectivity index (χ1) is 18.8. The summed E-state index contributed by atoms with van der Waals surface area (Å²) in [4.78, 5) is 43.4. The fraction of sp³-hybridized carbons (Fsp3) is 0.414. The van der Waals surface area contributed by atoms with Gasteiger partial charge in [-0.2, -0.15) is 5.26 Å². The second kappa shape index (κ2) is 12.6. The number of pyridine rings is 1. The van der Waals surface area contributed by atoms with Crippen molar-refractivity contribution in [3.05, 3.63) is 67.8 Å². The molecular formula is C29H32N4O4S2. The quantitative estimate of drug-likeness (QED) is 0.267. The largest absolute Gasteiger partial charge is 0.466 e. The Balaban J connectivity index is 1.74. The van der Waals surface area contributed by atoms with Crippen molar-refractivity contribution in [1.82, 2.24) is 9.47 Å². The maximum absolute atomic E-state index is 13.5. The summed E-state index contributed by atoms with van der Waals surface area (Å²) in [6.45, 7) is 7.50. The normalized spacial score (nSPS) is 18.5. The molecule has 8 nitrogen and oxygen atoms in total. The van der Waals surface area contributed by atoms with Gasteiger partial charge >= 0.3 is 5.97 Å². The molecule has 10 heteroatoms. The number of nitriles is 1. The number of piperidine rings is 1. The van der Waals surface area contributed by atoms with Gasteiger partial charge in [-0.3, -0.25) is 23.9 Å². The van der Waals surface area contributed by atoms with Gasteiger partial charge in [0.05, 0.1) is 17.4 Å². The van der Waals surface area contributed by atoms with E-state index in [4.69, 9.17) is 17.0 Å². The number of carbonyl (C=O) groups excluding carboxylic acids is 2. The molecule has 0 N–H and O–H groups in total. The van der Waals surface area contributed by atoms with Crippen molar-refractivity contribution < 1.29 is 14.3 Å². The Morgan fingerprint density at radius 3 is 2.67 bits per heavy atom. The lowest BCUT2D eigenvalue weighted by molar-refractivity contribution is -0.148. The van der Waals surface area contributed by atoms with Crippen LogP contribution in [0.2, 0.25) is 0 Å². The number of carbonyl (C=O) groups is 2. The number of esters is 1. The highest BCUT2D eigenvalue weighted by molar-refractivity contribution is 8.26. The first-order valence-corrected chi connectivity index (χ1v) is 14.4. The third kappa shape index (κ3) is 5.94. The van der Waals surface area contributed by atoms with Gasteiger partial charge in [0.25, 0.3) is 11.5 Å². The first kappa shape index (κ1) is 28.6. The van der Waals surface area contributed by atoms with E-state index in [1.54, 1.807) is 29.4 Å². The lowest BCUT2D eigenvalue weighted by Gasteiger charge is -2.36. The maximum atomic E-state index is 13.5. The smallest absolute Gasteiger partial charge is 0.310 e. The van der Waals surface area contributed by atoms with Gasteiger partial charge in [-0.15, -0.1) is 0 Å². The predicted octanol–water partition coefficient (Wildman–Crippen LogP) is 4.27. The van der Waals surface area contributed by atoms with Crippen molar-refractivity contribution >= 4 is 52.1 Å². The Hall–Kier alpha value is -3.42. The van der Waals surface area contributed by atoms with Crippen molar-refractivity contribution in [2.45, 2.75) is 46.6 Å². The van der Waals surface area contributed by atoms with Crippen LogP contribution in [0, 0.1) is 24.2 Å². The van der Waals surface area contributed by atoms with Crippen molar-refractivity contribution in [3.63, 3.8) is 0 Å². The van der Waals surface area contributed by atoms with E-state index >= 15 is 0 Å². The number of benzene rings is 1. The molecule has 2 aliphatic heterocycles. The van der Waals surface area contributed by atoms with Gasteiger partial charge < -0.3 is 9.64 Å². The van der Waals surface area contributed by atoms with Gasteiger partial charge in [0.2, 0.25) is 0 Å². The van der Waals surface area contributed by atoms with Gasteiger partial charge in [-0.25, -0.2) is 0 Å². The third-order valence-corrected chi connectivity index (χ3v) is 8.50. The topological polar surface area (TPSA) is 95.6 Å². The fourth-order valence-corrected chi connectivity index (χ4v) is 6.40. The number of nitrogens with zero attached hydrogens (tertiary/aromatic N) is 4. The molecule has 2 aromatic rings. The van der Waals surface area contributed by atoms with E-state index in [1.807, 2.05) is 42.2 Å². The number of ether oxygens (including phenoxy) is 1. The molecule has 39 heavy (non-hydrogen) atoms. The molecule has 1 aromatic heterocycles. The molecule has 0 bridgehead atoms. The Morgan fingerprint density at radius 1 is 1.26 bits per heavy atom. The second-order valence-electron chi connectivity index (χ2n) is 9.50. The Labute approximate surface area is 238 Å². The second-order valence-corrected chi connectivity index (χ2v) is 11.2. The number of thioether (sulfide) groups is 1. The summed E-state index contributed by atoms with van der Waals surface area (Å²) in [6.07, 6.45) is 3.89. The summed E-state index contributed by atoms with van der Waals surface area (Å²) in [5, 5.41) is 9.83. The number of hydrogen-bond donors (Lipinski definition) is 0. The molecule has 0 aliphatic carbocycles. The summed E-state index contributed by atoms with van der Waals surface area (Å²) < 4.78 is 7.33. The molecule has 1 amide bonds. The van der Waals surface area contributed by atoms with Crippen LogP contribution in [0.3, 0.4) is 0 Å². The fourth-order valence-electron chi connectivity index (χ4n) is 5.11. The highest BCUT2D eigenvalue weighted by Crippen LogP contribution is 2.37. The molecule has 2 saturated heterocycles. The highest BCUT2D eigenvalue weighted by Gasteiger charge is 2.34. The lowest BCUT2D eigenvalue weighted by Crippen LogP contribution is -2.43. The van der Waals surface area contributed by atoms with E-state index < -0.39 is 0 Å². The van der Waals surface area contributed by atoms with E-state index in [0.29, 0.717) is 71.8 Å². The Morgan fingerprint density at radius 2 is 2.00 bits per heavy atom. The van der Waals surface area contributed by atoms with Crippen LogP contribution in [0.4, 0.5) is 5.82 Å². The van der Waals surface area contributed by atoms with Gasteiger partial charge in [0.15, 0.2) is 0 Å². The first-order valence-electron chi connectivity index (χ1n) is 13.2. The van der Waals surface area contributed by atoms with Crippen molar-refractivity contribution in [3.8, 4) is 6.07 Å². The van der Waals surface area contributed by atoms with Gasteiger partial charge in [-0.1, -0.05) is 54.3 Å². The number of rotatable bonds is 8. The third-order valence-electron chi connectivity index (χ3n) is 7.12. The van der Waals surface area contributed by atoms with Crippen LogP contribution in [0.15, 0.2) is 40.0 Å². The SMILES string of the molecule is CCOC(=O)C1CCCN(c2c(/C=C3/SC(=S)N(CCc4ccccc4)C3=O)c(C)c(C#N)c(=O)n2CC)C1. The highest BCUT2D eigenvalue weighted by atomic mass is 32.2. The number of aromatic nitrogens is 1. The molecular weight excluding hydrogens is 532 g/mol. The number of amides is 1. The molecule has 0 spiro atoms. The van der Waals surface area contributed by atoms with E-state index in [9.17, 15) is 19.6 Å². The Bertz CT molecular complexity index is 1410. The van der Waals surface area contributed by atoms with Crippen LogP contribution >= 0.6 is 24.0 Å². The summed E-state index contributed by atoms with van der Waals surface area (Å²) in [6, 6.07) is 12.0. The Kier molecular flexibility index (Phi) is 9.25. The minimum Gasteiger partial charge on any atom is -0.466 e. The molecule has 0 radical (unpaired) electrons. The zero-order chi connectivity index (χ0) is 28.1. The van der Waals surface area contributed by atoms with Crippen LogP contribution in [0.1, 0.15) is 48.9 Å². The van der Waals surface area contributed by atoms with E-state index in [2.05, 4.69) is 6.07 Å². The molecule has 204 valence electrons. The van der Waals surface area contributed by atoms with Gasteiger partial charge in [0, 0.05) is 31.7 Å². The summed E-state index contributed by atoms with van der Waals surface area (Å²) >= 11 is 6.79. The number of thiocarbonyl (C=S) groups is 1. The van der Waals surface area contributed by atoms with Crippen LogP contribution in [-0.4, -0.2) is 51.9 Å². The van der Waals surface area contributed by atoms with Gasteiger partial charge in [-0.05, 0) is 57.2 Å². The van der Waals surface area contributed by atoms with Crippen molar-refractivity contribution in [2.24, 2.45) is 5.92 Å². The lowest BCUT2D eigenvalue weighted by atomic mass is 9.96. The van der Waals surface area contributed by atoms with Crippen molar-refractivity contribution in [2.75, 3.05) is 31.1 Å². The van der Waals surface area contributed by atoms with E-state index in [-0.39, 0.29) is 28.9 Å². The van der Waals surface area contributed by atoms with Gasteiger partial charge in [0.1, 0.15) is 21.8 Å². The summed E-state index contributed by atoms with van der Waals surface area (Å²) in [7, 11) is 0. The zero-order valence-electron chi connectivity index (χ0n) is 22.4. The molecule has 2 fully saturated rings. The molecule has 4 rings (SSSR count). The average Bonchev–Trinajstić information content (AvgIpc) is 3.21. The maximum Gasteiger partial charge on any atom is 0.310 e. The molecule has 1 aromatic carbocycles. The number of hydrogen-bond acceptors (Lipinski definition) is 8. The number of anilines is 1. The monoisotopic (exact) mass is 564 g/mol. The molecule has 3 heterocycles. The average molecular weight is 565 g/mol. The van der Waals surface area contributed by atoms with E-state index in [1.165, 1.54) is 11.8 Å². The summed E-state index contributed by atoms with van der Waals surface area (Å²) in [5.74, 6) is -0.150. The van der Waals surface area contributed by atoms with Crippen molar-refractivity contribution in [1.29, 1.82) is 5.26 Å². The molecule has 2 aliphatic rings. The molecule has 1 atom stereocenters. The standard InChI is InChI=1S/C29H32N4O4S2/c1-4-32-25(31-14-9-12-21(18-31)28(36)37-5-2)22(19(3)23(17-30)26(32)34)16-24-27(35)33(29(38)39-24)15-13-20-10-7-6-8-11-20/h6-8,10-11,16,21H,4-5,9,12-15,18H2,1-3H3/b24-16+. The molecule has 1 unspecified atom stereocenters. The summed E-state index contributed by atoms with van der Waals surface area (Å²) in [5.41, 5.74) is 1.92. The van der Waals surface area contributed by atoms with Crippen LogP contribution in [0.5, 0.6) is 0 Å². The molecule has 0 saturated carbocycles. The minimum atomic E-state index is -0.377. The zero-order valence-corrected chi connectivity index (χ0v) is 24.1. The van der Waals surface area contributed by atoms with E-state index in [0.717, 1.165) is 12.0 Å². The van der Waals surface area contributed by atoms with Crippen LogP contribution < -0.4 is 10.5 Å². The predicted molar refractivity (Wildman–Crippen MR) is 157 cm³/mol. The van der Waals surface area contributed by atoms with Crippen LogP contribution in [0.25, 0.3) is 6.08 Å².